The lowest BCUT2D eigenvalue weighted by Gasteiger charge is -2.28. The number of benzene rings is 2. The number of amides is 1. The fourth-order valence-corrected chi connectivity index (χ4v) is 4.80. The van der Waals surface area contributed by atoms with Gasteiger partial charge in [0.25, 0.3) is 0 Å². The Morgan fingerprint density at radius 1 is 1.09 bits per heavy atom. The van der Waals surface area contributed by atoms with E-state index in [2.05, 4.69) is 4.98 Å². The zero-order valence-corrected chi connectivity index (χ0v) is 18.4. The van der Waals surface area contributed by atoms with Crippen molar-refractivity contribution in [2.24, 2.45) is 11.7 Å². The van der Waals surface area contributed by atoms with E-state index in [4.69, 9.17) is 21.2 Å². The molecule has 0 aliphatic heterocycles. The Bertz CT molecular complexity index is 1280. The van der Waals surface area contributed by atoms with Gasteiger partial charge in [-0.15, -0.1) is 0 Å². The second-order valence-electron chi connectivity index (χ2n) is 8.55. The van der Waals surface area contributed by atoms with E-state index in [-0.39, 0.29) is 17.7 Å². The summed E-state index contributed by atoms with van der Waals surface area (Å²) in [5.41, 5.74) is 15.5. The van der Waals surface area contributed by atoms with Crippen molar-refractivity contribution in [3.63, 3.8) is 0 Å². The summed E-state index contributed by atoms with van der Waals surface area (Å²) in [6, 6.07) is 17.9. The van der Waals surface area contributed by atoms with Crippen molar-refractivity contribution in [3.05, 3.63) is 78.4 Å². The minimum atomic E-state index is -0.267. The molecule has 1 aliphatic rings. The average molecular weight is 442 g/mol. The van der Waals surface area contributed by atoms with Gasteiger partial charge in [0.2, 0.25) is 5.91 Å². The molecular weight excluding hydrogens is 414 g/mol. The minimum absolute atomic E-state index is 0.0446. The number of hydrogen-bond acceptors (Lipinski definition) is 5. The zero-order chi connectivity index (χ0) is 22.8. The first-order valence-electron chi connectivity index (χ1n) is 11.3. The topological polar surface area (TPSA) is 109 Å². The molecule has 2 aromatic heterocycles. The lowest BCUT2D eigenvalue weighted by Crippen LogP contribution is -2.32. The lowest BCUT2D eigenvalue weighted by atomic mass is 9.78. The van der Waals surface area contributed by atoms with E-state index in [1.165, 1.54) is 0 Å². The number of fused-ring (bicyclic) bond motifs is 1. The van der Waals surface area contributed by atoms with E-state index in [1.807, 2.05) is 65.2 Å². The molecule has 1 saturated carbocycles. The number of nitrogens with zero attached hydrogens (tertiary/aromatic N) is 3. The highest BCUT2D eigenvalue weighted by Crippen LogP contribution is 2.40. The Balaban J connectivity index is 1.54. The van der Waals surface area contributed by atoms with Crippen LogP contribution in [0.4, 0.5) is 5.82 Å². The minimum Gasteiger partial charge on any atom is -0.489 e. The third kappa shape index (κ3) is 4.14. The number of hydrogen-bond donors (Lipinski definition) is 2. The number of rotatable bonds is 6. The first-order chi connectivity index (χ1) is 16.1. The second-order valence-corrected chi connectivity index (χ2v) is 8.55. The second kappa shape index (κ2) is 8.94. The molecule has 1 amide bonds. The molecule has 0 bridgehead atoms. The number of anilines is 1. The summed E-state index contributed by atoms with van der Waals surface area (Å²) in [6.07, 6.45) is 7.23. The SMILES string of the molecule is NC(=O)C1CCCCC1c1nc(-c2cccc(OCc3ccccc3)c2)c2c(N)nccn12. The summed E-state index contributed by atoms with van der Waals surface area (Å²) >= 11 is 0. The van der Waals surface area contributed by atoms with E-state index in [0.29, 0.717) is 12.4 Å². The summed E-state index contributed by atoms with van der Waals surface area (Å²) in [5, 5.41) is 0. The number of imidazole rings is 1. The number of aromatic nitrogens is 3. The van der Waals surface area contributed by atoms with Gasteiger partial charge in [-0.2, -0.15) is 0 Å². The third-order valence-electron chi connectivity index (χ3n) is 6.43. The van der Waals surface area contributed by atoms with E-state index >= 15 is 0 Å². The van der Waals surface area contributed by atoms with Gasteiger partial charge in [-0.1, -0.05) is 55.3 Å². The molecule has 7 heteroatoms. The maximum atomic E-state index is 12.2. The molecule has 2 aromatic carbocycles. The molecule has 4 N–H and O–H groups in total. The Hall–Kier alpha value is -3.87. The van der Waals surface area contributed by atoms with Crippen LogP contribution in [-0.4, -0.2) is 20.3 Å². The molecule has 7 nitrogen and oxygen atoms in total. The smallest absolute Gasteiger partial charge is 0.221 e. The van der Waals surface area contributed by atoms with Crippen LogP contribution in [0.1, 0.15) is 43.0 Å². The monoisotopic (exact) mass is 441 g/mol. The van der Waals surface area contributed by atoms with Crippen molar-refractivity contribution < 1.29 is 9.53 Å². The van der Waals surface area contributed by atoms with Crippen LogP contribution in [-0.2, 0) is 11.4 Å². The highest BCUT2D eigenvalue weighted by molar-refractivity contribution is 5.86. The Morgan fingerprint density at radius 2 is 1.91 bits per heavy atom. The zero-order valence-electron chi connectivity index (χ0n) is 18.4. The normalized spacial score (nSPS) is 18.3. The van der Waals surface area contributed by atoms with Crippen LogP contribution >= 0.6 is 0 Å². The Labute approximate surface area is 192 Å². The Kier molecular flexibility index (Phi) is 5.69. The van der Waals surface area contributed by atoms with Crippen molar-refractivity contribution in [3.8, 4) is 17.0 Å². The van der Waals surface area contributed by atoms with Crippen LogP contribution in [0.25, 0.3) is 16.8 Å². The van der Waals surface area contributed by atoms with Gasteiger partial charge in [0.1, 0.15) is 35.2 Å². The summed E-state index contributed by atoms with van der Waals surface area (Å²) in [4.78, 5) is 21.5. The summed E-state index contributed by atoms with van der Waals surface area (Å²) in [5.74, 6) is 1.41. The fourth-order valence-electron chi connectivity index (χ4n) is 4.80. The van der Waals surface area contributed by atoms with Crippen molar-refractivity contribution in [1.82, 2.24) is 14.4 Å². The van der Waals surface area contributed by atoms with Gasteiger partial charge in [0, 0.05) is 29.8 Å². The van der Waals surface area contributed by atoms with Crippen molar-refractivity contribution >= 4 is 17.2 Å². The van der Waals surface area contributed by atoms with E-state index < -0.39 is 0 Å². The number of primary amides is 1. The number of ether oxygens (including phenoxy) is 1. The largest absolute Gasteiger partial charge is 0.489 e. The molecule has 2 heterocycles. The molecule has 5 rings (SSSR count). The standard InChI is InChI=1S/C26H27N5O2/c27-24-23-22(18-9-6-10-19(15-18)33-16-17-7-2-1-3-8-17)30-26(31(23)14-13-29-24)21-12-5-4-11-20(21)25(28)32/h1-3,6-10,13-15,20-21H,4-5,11-12,16H2,(H2,27,29)(H2,28,32). The van der Waals surface area contributed by atoms with Gasteiger partial charge in [-0.05, 0) is 30.5 Å². The van der Waals surface area contributed by atoms with Crippen LogP contribution < -0.4 is 16.2 Å². The van der Waals surface area contributed by atoms with Gasteiger partial charge in [-0.3, -0.25) is 9.20 Å². The molecule has 2 atom stereocenters. The molecule has 0 saturated heterocycles. The number of nitrogen functional groups attached to an aromatic ring is 1. The van der Waals surface area contributed by atoms with Gasteiger partial charge in [0.15, 0.2) is 0 Å². The average Bonchev–Trinajstić information content (AvgIpc) is 3.24. The number of nitrogens with two attached hydrogens (primary N) is 2. The molecule has 0 radical (unpaired) electrons. The predicted octanol–water partition coefficient (Wildman–Crippen LogP) is 4.32. The van der Waals surface area contributed by atoms with E-state index in [1.54, 1.807) is 6.20 Å². The lowest BCUT2D eigenvalue weighted by molar-refractivity contribution is -0.123. The van der Waals surface area contributed by atoms with Gasteiger partial charge in [-0.25, -0.2) is 9.97 Å². The van der Waals surface area contributed by atoms with Crippen LogP contribution in [0.5, 0.6) is 5.75 Å². The third-order valence-corrected chi connectivity index (χ3v) is 6.43. The fraction of sp³-hybridized carbons (Fsp3) is 0.269. The van der Waals surface area contributed by atoms with Crippen LogP contribution in [0.15, 0.2) is 67.0 Å². The van der Waals surface area contributed by atoms with Crippen LogP contribution in [0, 0.1) is 5.92 Å². The van der Waals surface area contributed by atoms with Gasteiger partial charge >= 0.3 is 0 Å². The van der Waals surface area contributed by atoms with E-state index in [0.717, 1.165) is 59.6 Å². The molecule has 0 spiro atoms. The molecule has 1 fully saturated rings. The molecular formula is C26H27N5O2. The quantitative estimate of drug-likeness (QED) is 0.463. The first-order valence-corrected chi connectivity index (χ1v) is 11.3. The highest BCUT2D eigenvalue weighted by Gasteiger charge is 2.34. The Morgan fingerprint density at radius 3 is 2.73 bits per heavy atom. The van der Waals surface area contributed by atoms with Crippen molar-refractivity contribution in [2.75, 3.05) is 5.73 Å². The highest BCUT2D eigenvalue weighted by atomic mass is 16.5. The summed E-state index contributed by atoms with van der Waals surface area (Å²) in [7, 11) is 0. The molecule has 1 aliphatic carbocycles. The molecule has 2 unspecified atom stereocenters. The number of carbonyl (C=O) groups is 1. The van der Waals surface area contributed by atoms with Crippen LogP contribution in [0.2, 0.25) is 0 Å². The first kappa shape index (κ1) is 21.0. The molecule has 4 aromatic rings. The van der Waals surface area contributed by atoms with Crippen LogP contribution in [0.3, 0.4) is 0 Å². The number of carbonyl (C=O) groups excluding carboxylic acids is 1. The summed E-state index contributed by atoms with van der Waals surface area (Å²) < 4.78 is 8.00. The molecule has 168 valence electrons. The maximum absolute atomic E-state index is 12.2. The maximum Gasteiger partial charge on any atom is 0.221 e. The summed E-state index contributed by atoms with van der Waals surface area (Å²) in [6.45, 7) is 0.478. The van der Waals surface area contributed by atoms with Gasteiger partial charge < -0.3 is 16.2 Å². The van der Waals surface area contributed by atoms with E-state index in [9.17, 15) is 4.79 Å². The van der Waals surface area contributed by atoms with Crippen molar-refractivity contribution in [2.45, 2.75) is 38.2 Å². The molecule has 33 heavy (non-hydrogen) atoms. The van der Waals surface area contributed by atoms with Crippen molar-refractivity contribution in [1.29, 1.82) is 0 Å². The predicted molar refractivity (Wildman–Crippen MR) is 128 cm³/mol. The van der Waals surface area contributed by atoms with Gasteiger partial charge in [0.05, 0.1) is 0 Å².